The van der Waals surface area contributed by atoms with Crippen molar-refractivity contribution in [3.05, 3.63) is 35.4 Å². The topological polar surface area (TPSA) is 15.3 Å². The predicted octanol–water partition coefficient (Wildman–Crippen LogP) is 2.58. The van der Waals surface area contributed by atoms with Crippen molar-refractivity contribution in [1.82, 2.24) is 10.2 Å². The van der Waals surface area contributed by atoms with Gasteiger partial charge in [-0.05, 0) is 64.0 Å². The second-order valence-corrected chi connectivity index (χ2v) is 5.53. The third-order valence-electron chi connectivity index (χ3n) is 3.98. The van der Waals surface area contributed by atoms with Crippen molar-refractivity contribution in [2.75, 3.05) is 20.1 Å². The lowest BCUT2D eigenvalue weighted by Crippen LogP contribution is -2.46. The molecule has 2 rings (SSSR count). The van der Waals surface area contributed by atoms with Crippen molar-refractivity contribution in [2.24, 2.45) is 0 Å². The maximum absolute atomic E-state index is 13.0. The van der Waals surface area contributed by atoms with Crippen LogP contribution in [0, 0.1) is 11.6 Å². The minimum atomic E-state index is -0.497. The van der Waals surface area contributed by atoms with Crippen LogP contribution in [-0.2, 0) is 6.42 Å². The van der Waals surface area contributed by atoms with Crippen molar-refractivity contribution in [3.63, 3.8) is 0 Å². The third-order valence-corrected chi connectivity index (χ3v) is 3.98. The maximum atomic E-state index is 13.0. The first-order chi connectivity index (χ1) is 9.04. The number of likely N-dealkylation sites (tertiary alicyclic amines) is 1. The zero-order valence-electron chi connectivity index (χ0n) is 11.6. The lowest BCUT2D eigenvalue weighted by Gasteiger charge is -2.35. The van der Waals surface area contributed by atoms with Crippen LogP contribution in [0.25, 0.3) is 0 Å². The molecule has 1 N–H and O–H groups in total. The fourth-order valence-corrected chi connectivity index (χ4v) is 2.65. The molecule has 0 radical (unpaired) electrons. The number of hydrogen-bond acceptors (Lipinski definition) is 2. The van der Waals surface area contributed by atoms with Crippen LogP contribution in [0.3, 0.4) is 0 Å². The maximum Gasteiger partial charge on any atom is 0.126 e. The Hall–Kier alpha value is -1.00. The Morgan fingerprint density at radius 1 is 1.26 bits per heavy atom. The Bertz CT molecular complexity index is 402. The van der Waals surface area contributed by atoms with Crippen molar-refractivity contribution < 1.29 is 8.78 Å². The lowest BCUT2D eigenvalue weighted by molar-refractivity contribution is 0.169. The molecular weight excluding hydrogens is 246 g/mol. The highest BCUT2D eigenvalue weighted by Crippen LogP contribution is 2.15. The van der Waals surface area contributed by atoms with Gasteiger partial charge < -0.3 is 10.2 Å². The Morgan fingerprint density at radius 2 is 1.95 bits per heavy atom. The van der Waals surface area contributed by atoms with Crippen molar-refractivity contribution in [2.45, 2.75) is 38.3 Å². The van der Waals surface area contributed by atoms with Gasteiger partial charge in [0.15, 0.2) is 0 Å². The molecule has 1 saturated heterocycles. The average molecular weight is 268 g/mol. The summed E-state index contributed by atoms with van der Waals surface area (Å²) in [7, 11) is 2.15. The standard InChI is InChI=1S/C15H22F2N2/c1-11-7-15(4-6-19(11)2)18-5-3-12-8-13(16)10-14(17)9-12/h8-11,15,18H,3-7H2,1-2H3. The van der Waals surface area contributed by atoms with Gasteiger partial charge in [-0.25, -0.2) is 8.78 Å². The molecule has 2 atom stereocenters. The van der Waals surface area contributed by atoms with E-state index in [1.807, 2.05) is 0 Å². The molecule has 19 heavy (non-hydrogen) atoms. The van der Waals surface area contributed by atoms with Crippen LogP contribution in [0.2, 0.25) is 0 Å². The molecule has 0 aromatic heterocycles. The van der Waals surface area contributed by atoms with Gasteiger partial charge in [0, 0.05) is 18.2 Å². The van der Waals surface area contributed by atoms with Crippen LogP contribution >= 0.6 is 0 Å². The van der Waals surface area contributed by atoms with Crippen molar-refractivity contribution in [1.29, 1.82) is 0 Å². The molecule has 1 aliphatic rings. The molecule has 1 heterocycles. The summed E-state index contributed by atoms with van der Waals surface area (Å²) in [5, 5.41) is 3.49. The van der Waals surface area contributed by atoms with Crippen molar-refractivity contribution >= 4 is 0 Å². The molecule has 2 nitrogen and oxygen atoms in total. The normalized spacial score (nSPS) is 24.6. The molecule has 0 bridgehead atoms. The summed E-state index contributed by atoms with van der Waals surface area (Å²) in [6.07, 6.45) is 2.93. The van der Waals surface area contributed by atoms with E-state index in [2.05, 4.69) is 24.2 Å². The van der Waals surface area contributed by atoms with E-state index in [4.69, 9.17) is 0 Å². The summed E-state index contributed by atoms with van der Waals surface area (Å²) in [6, 6.07) is 4.84. The summed E-state index contributed by atoms with van der Waals surface area (Å²) >= 11 is 0. The highest BCUT2D eigenvalue weighted by atomic mass is 19.1. The zero-order valence-corrected chi connectivity index (χ0v) is 11.6. The molecule has 0 saturated carbocycles. The van der Waals surface area contributed by atoms with E-state index in [0.717, 1.165) is 32.0 Å². The molecule has 0 aliphatic carbocycles. The Kier molecular flexibility index (Phi) is 4.88. The summed E-state index contributed by atoms with van der Waals surface area (Å²) in [4.78, 5) is 2.36. The minimum absolute atomic E-state index is 0.497. The quantitative estimate of drug-likeness (QED) is 0.903. The van der Waals surface area contributed by atoms with E-state index < -0.39 is 11.6 Å². The number of nitrogens with zero attached hydrogens (tertiary/aromatic N) is 1. The summed E-state index contributed by atoms with van der Waals surface area (Å²) < 4.78 is 26.1. The molecule has 0 spiro atoms. The first-order valence-corrected chi connectivity index (χ1v) is 6.93. The molecule has 0 amide bonds. The van der Waals surface area contributed by atoms with E-state index in [9.17, 15) is 8.78 Å². The van der Waals surface area contributed by atoms with E-state index in [-0.39, 0.29) is 0 Å². The molecule has 1 aromatic rings. The summed E-state index contributed by atoms with van der Waals surface area (Å²) in [5.74, 6) is -0.995. The van der Waals surface area contributed by atoms with Gasteiger partial charge in [-0.1, -0.05) is 0 Å². The zero-order chi connectivity index (χ0) is 13.8. The molecular formula is C15H22F2N2. The van der Waals surface area contributed by atoms with Gasteiger partial charge in [0.1, 0.15) is 11.6 Å². The highest BCUT2D eigenvalue weighted by molar-refractivity contribution is 5.18. The van der Waals surface area contributed by atoms with Gasteiger partial charge in [0.25, 0.3) is 0 Å². The van der Waals surface area contributed by atoms with E-state index >= 15 is 0 Å². The average Bonchev–Trinajstić information content (AvgIpc) is 2.32. The number of piperidine rings is 1. The van der Waals surface area contributed by atoms with Gasteiger partial charge in [-0.3, -0.25) is 0 Å². The van der Waals surface area contributed by atoms with E-state index in [0.29, 0.717) is 24.1 Å². The van der Waals surface area contributed by atoms with Gasteiger partial charge in [0.2, 0.25) is 0 Å². The van der Waals surface area contributed by atoms with Gasteiger partial charge in [0.05, 0.1) is 0 Å². The monoisotopic (exact) mass is 268 g/mol. The van der Waals surface area contributed by atoms with Crippen LogP contribution in [0.1, 0.15) is 25.3 Å². The summed E-state index contributed by atoms with van der Waals surface area (Å²) in [5.41, 5.74) is 0.714. The second-order valence-electron chi connectivity index (χ2n) is 5.53. The lowest BCUT2D eigenvalue weighted by atomic mass is 9.99. The van der Waals surface area contributed by atoms with Crippen LogP contribution in [0.5, 0.6) is 0 Å². The molecule has 2 unspecified atom stereocenters. The number of benzene rings is 1. The second kappa shape index (κ2) is 6.44. The Morgan fingerprint density at radius 3 is 2.58 bits per heavy atom. The SMILES string of the molecule is CC1CC(NCCc2cc(F)cc(F)c2)CCN1C. The fraction of sp³-hybridized carbons (Fsp3) is 0.600. The van der Waals surface area contributed by atoms with Crippen LogP contribution < -0.4 is 5.32 Å². The number of hydrogen-bond donors (Lipinski definition) is 1. The van der Waals surface area contributed by atoms with Crippen molar-refractivity contribution in [3.8, 4) is 0 Å². The minimum Gasteiger partial charge on any atom is -0.314 e. The number of nitrogens with one attached hydrogen (secondary N) is 1. The molecule has 1 aliphatic heterocycles. The Labute approximate surface area is 113 Å². The largest absolute Gasteiger partial charge is 0.314 e. The van der Waals surface area contributed by atoms with Crippen LogP contribution in [-0.4, -0.2) is 37.1 Å². The van der Waals surface area contributed by atoms with E-state index in [1.165, 1.54) is 12.1 Å². The molecule has 1 aromatic carbocycles. The molecule has 106 valence electrons. The van der Waals surface area contributed by atoms with Gasteiger partial charge in [-0.2, -0.15) is 0 Å². The Balaban J connectivity index is 1.77. The smallest absolute Gasteiger partial charge is 0.126 e. The first-order valence-electron chi connectivity index (χ1n) is 6.93. The highest BCUT2D eigenvalue weighted by Gasteiger charge is 2.21. The summed E-state index contributed by atoms with van der Waals surface area (Å²) in [6.45, 7) is 4.10. The first kappa shape index (κ1) is 14.4. The molecule has 1 fully saturated rings. The molecule has 4 heteroatoms. The van der Waals surface area contributed by atoms with Gasteiger partial charge in [-0.15, -0.1) is 0 Å². The van der Waals surface area contributed by atoms with Crippen LogP contribution in [0.4, 0.5) is 8.78 Å². The predicted molar refractivity (Wildman–Crippen MR) is 73.2 cm³/mol. The number of rotatable bonds is 4. The van der Waals surface area contributed by atoms with Crippen LogP contribution in [0.15, 0.2) is 18.2 Å². The third kappa shape index (κ3) is 4.25. The fourth-order valence-electron chi connectivity index (χ4n) is 2.65. The van der Waals surface area contributed by atoms with Gasteiger partial charge >= 0.3 is 0 Å². The number of halogens is 2. The van der Waals surface area contributed by atoms with E-state index in [1.54, 1.807) is 0 Å².